The Morgan fingerprint density at radius 3 is 1.90 bits per heavy atom. The van der Waals surface area contributed by atoms with Gasteiger partial charge in [0, 0.05) is 11.8 Å². The second-order valence-corrected chi connectivity index (χ2v) is 8.17. The fourth-order valence-electron chi connectivity index (χ4n) is 2.85. The van der Waals surface area contributed by atoms with Crippen LogP contribution >= 0.6 is 12.4 Å². The second-order valence-electron chi connectivity index (χ2n) is 8.17. The van der Waals surface area contributed by atoms with Crippen molar-refractivity contribution in [3.05, 3.63) is 25.3 Å². The van der Waals surface area contributed by atoms with Gasteiger partial charge in [0.15, 0.2) is 0 Å². The summed E-state index contributed by atoms with van der Waals surface area (Å²) in [5.41, 5.74) is 3.35. The number of amides is 1. The normalized spacial score (nSPS) is 28.3. The topological polar surface area (TPSA) is 117 Å². The van der Waals surface area contributed by atoms with Gasteiger partial charge >= 0.3 is 18.0 Å². The van der Waals surface area contributed by atoms with Crippen LogP contribution in [-0.4, -0.2) is 47.9 Å². The molecule has 4 atom stereocenters. The number of carbonyl (C=O) groups is 3. The quantitative estimate of drug-likeness (QED) is 0.350. The molecule has 8 nitrogen and oxygen atoms in total. The molecule has 0 radical (unpaired) electrons. The molecule has 30 heavy (non-hydrogen) atoms. The average molecular weight is 447 g/mol. The summed E-state index contributed by atoms with van der Waals surface area (Å²) in [6.07, 6.45) is 3.93. The van der Waals surface area contributed by atoms with Gasteiger partial charge in [0.2, 0.25) is 0 Å². The third kappa shape index (κ3) is 7.02. The zero-order chi connectivity index (χ0) is 22.5. The second kappa shape index (κ2) is 10.8. The van der Waals surface area contributed by atoms with E-state index in [-0.39, 0.29) is 36.8 Å². The largest absolute Gasteiger partial charge is 0.465 e. The Hall–Kier alpha value is -2.06. The third-order valence-electron chi connectivity index (χ3n) is 4.66. The van der Waals surface area contributed by atoms with Gasteiger partial charge in [0.05, 0.1) is 13.2 Å². The number of carbonyl (C=O) groups excluding carboxylic acids is 3. The molecule has 4 unspecified atom stereocenters. The van der Waals surface area contributed by atoms with E-state index in [4.69, 9.17) is 19.9 Å². The van der Waals surface area contributed by atoms with Crippen LogP contribution in [0.3, 0.4) is 0 Å². The van der Waals surface area contributed by atoms with Crippen LogP contribution in [0.5, 0.6) is 0 Å². The summed E-state index contributed by atoms with van der Waals surface area (Å²) >= 11 is 0. The molecule has 172 valence electrons. The number of rotatable bonds is 7. The van der Waals surface area contributed by atoms with Crippen LogP contribution in [0.25, 0.3) is 0 Å². The van der Waals surface area contributed by atoms with Gasteiger partial charge in [0.25, 0.3) is 0 Å². The van der Waals surface area contributed by atoms with E-state index in [1.54, 1.807) is 46.8 Å². The van der Waals surface area contributed by atoms with Crippen LogP contribution in [0.1, 0.15) is 47.5 Å². The number of nitrogens with two attached hydrogens (primary N) is 1. The number of nitrogens with one attached hydrogen (secondary N) is 1. The molecular formula is C21H35ClN2O6. The summed E-state index contributed by atoms with van der Waals surface area (Å²) in [7, 11) is 0. The minimum absolute atomic E-state index is 0. The van der Waals surface area contributed by atoms with Crippen molar-refractivity contribution in [3.63, 3.8) is 0 Å². The highest BCUT2D eigenvalue weighted by Gasteiger charge is 2.61. The fourth-order valence-corrected chi connectivity index (χ4v) is 2.85. The van der Waals surface area contributed by atoms with Crippen molar-refractivity contribution in [1.82, 2.24) is 5.32 Å². The Balaban J connectivity index is 0.000000603. The maximum absolute atomic E-state index is 11.9. The van der Waals surface area contributed by atoms with Gasteiger partial charge in [-0.05, 0) is 47.5 Å². The lowest BCUT2D eigenvalue weighted by Gasteiger charge is -2.23. The molecule has 0 saturated heterocycles. The van der Waals surface area contributed by atoms with E-state index in [0.29, 0.717) is 19.4 Å². The van der Waals surface area contributed by atoms with Crippen LogP contribution < -0.4 is 11.1 Å². The van der Waals surface area contributed by atoms with Gasteiger partial charge in [-0.25, -0.2) is 9.59 Å². The Morgan fingerprint density at radius 1 is 1.03 bits per heavy atom. The van der Waals surface area contributed by atoms with Crippen LogP contribution in [0, 0.1) is 11.8 Å². The van der Waals surface area contributed by atoms with E-state index >= 15 is 0 Å². The minimum atomic E-state index is -0.986. The molecule has 0 aromatic rings. The standard InChI is InChI=1S/C13H21NO4.C8H13NO2.ClH/c1-6-9-8-13(9,10(15)17-7-2)14-11(16)18-12(3,4)5;1-3-6-5-8(6,9)7(10)11-4-2;/h6,9H,1,7-8H2,2-5H3,(H,14,16);3,6H,1,4-5,9H2,2H3;1H. The number of esters is 2. The van der Waals surface area contributed by atoms with Crippen LogP contribution in [-0.2, 0) is 23.8 Å². The molecule has 2 aliphatic carbocycles. The molecule has 2 rings (SSSR count). The first kappa shape index (κ1) is 27.9. The van der Waals surface area contributed by atoms with Crippen molar-refractivity contribution >= 4 is 30.4 Å². The molecule has 0 bridgehead atoms. The Bertz CT molecular complexity index is 662. The molecule has 0 aromatic carbocycles. The molecule has 0 spiro atoms. The number of ether oxygens (including phenoxy) is 3. The number of halogens is 1. The van der Waals surface area contributed by atoms with E-state index in [9.17, 15) is 14.4 Å². The average Bonchev–Trinajstić information content (AvgIpc) is 3.49. The Morgan fingerprint density at radius 2 is 1.53 bits per heavy atom. The van der Waals surface area contributed by atoms with Crippen molar-refractivity contribution in [1.29, 1.82) is 0 Å². The van der Waals surface area contributed by atoms with E-state index in [1.165, 1.54) is 0 Å². The molecule has 2 aliphatic rings. The van der Waals surface area contributed by atoms with Gasteiger partial charge in [-0.2, -0.15) is 0 Å². The maximum atomic E-state index is 11.9. The molecular weight excluding hydrogens is 412 g/mol. The number of hydrogen-bond donors (Lipinski definition) is 2. The maximum Gasteiger partial charge on any atom is 0.408 e. The van der Waals surface area contributed by atoms with Crippen molar-refractivity contribution in [2.75, 3.05) is 13.2 Å². The Kier molecular flexibility index (Phi) is 10.1. The van der Waals surface area contributed by atoms with Gasteiger partial charge in [-0.15, -0.1) is 25.6 Å². The lowest BCUT2D eigenvalue weighted by Crippen LogP contribution is -2.47. The van der Waals surface area contributed by atoms with E-state index < -0.39 is 28.7 Å². The van der Waals surface area contributed by atoms with E-state index in [0.717, 1.165) is 0 Å². The molecule has 0 heterocycles. The summed E-state index contributed by atoms with van der Waals surface area (Å²) in [6, 6.07) is 0. The highest BCUT2D eigenvalue weighted by Crippen LogP contribution is 2.45. The lowest BCUT2D eigenvalue weighted by atomic mass is 10.2. The van der Waals surface area contributed by atoms with Crippen LogP contribution in [0.2, 0.25) is 0 Å². The van der Waals surface area contributed by atoms with E-state index in [2.05, 4.69) is 18.5 Å². The van der Waals surface area contributed by atoms with E-state index in [1.807, 2.05) is 0 Å². The first-order chi connectivity index (χ1) is 13.4. The highest BCUT2D eigenvalue weighted by atomic mass is 35.5. The molecule has 0 aliphatic heterocycles. The summed E-state index contributed by atoms with van der Waals surface area (Å²) < 4.78 is 14.9. The summed E-state index contributed by atoms with van der Waals surface area (Å²) in [4.78, 5) is 34.7. The minimum Gasteiger partial charge on any atom is -0.465 e. The van der Waals surface area contributed by atoms with Gasteiger partial charge < -0.3 is 25.3 Å². The van der Waals surface area contributed by atoms with Crippen molar-refractivity contribution in [2.45, 2.75) is 64.1 Å². The third-order valence-corrected chi connectivity index (χ3v) is 4.66. The van der Waals surface area contributed by atoms with Gasteiger partial charge in [-0.3, -0.25) is 4.79 Å². The first-order valence-corrected chi connectivity index (χ1v) is 9.79. The van der Waals surface area contributed by atoms with Crippen LogP contribution in [0.4, 0.5) is 4.79 Å². The van der Waals surface area contributed by atoms with Crippen molar-refractivity contribution in [2.24, 2.45) is 17.6 Å². The predicted molar refractivity (Wildman–Crippen MR) is 116 cm³/mol. The van der Waals surface area contributed by atoms with Gasteiger partial charge in [-0.1, -0.05) is 12.2 Å². The number of alkyl carbamates (subject to hydrolysis) is 1. The SMILES string of the molecule is C=CC1CC1(N)C(=O)OCC.C=CC1CC1(NC(=O)OC(C)(C)C)C(=O)OCC.Cl. The zero-order valence-electron chi connectivity index (χ0n) is 18.5. The summed E-state index contributed by atoms with van der Waals surface area (Å²) in [5, 5.41) is 2.60. The summed E-state index contributed by atoms with van der Waals surface area (Å²) in [6.45, 7) is 16.7. The molecule has 9 heteroatoms. The molecule has 0 aromatic heterocycles. The first-order valence-electron chi connectivity index (χ1n) is 9.79. The fraction of sp³-hybridized carbons (Fsp3) is 0.667. The molecule has 3 N–H and O–H groups in total. The summed E-state index contributed by atoms with van der Waals surface area (Å²) in [5.74, 6) is -0.712. The smallest absolute Gasteiger partial charge is 0.408 e. The lowest BCUT2D eigenvalue weighted by molar-refractivity contribution is -0.147. The molecule has 2 fully saturated rings. The molecule has 2 saturated carbocycles. The van der Waals surface area contributed by atoms with Crippen LogP contribution in [0.15, 0.2) is 25.3 Å². The predicted octanol–water partition coefficient (Wildman–Crippen LogP) is 2.89. The zero-order valence-corrected chi connectivity index (χ0v) is 19.3. The monoisotopic (exact) mass is 446 g/mol. The molecule has 1 amide bonds. The number of hydrogen-bond acceptors (Lipinski definition) is 7. The highest BCUT2D eigenvalue weighted by molar-refractivity contribution is 5.90. The van der Waals surface area contributed by atoms with Gasteiger partial charge in [0.1, 0.15) is 16.7 Å². The Labute approximate surface area is 185 Å². The van der Waals surface area contributed by atoms with Crippen molar-refractivity contribution in [3.8, 4) is 0 Å². The van der Waals surface area contributed by atoms with Crippen molar-refractivity contribution < 1.29 is 28.6 Å².